The van der Waals surface area contributed by atoms with E-state index in [4.69, 9.17) is 0 Å². The fourth-order valence-corrected chi connectivity index (χ4v) is 7.35. The zero-order chi connectivity index (χ0) is 26.3. The summed E-state index contributed by atoms with van der Waals surface area (Å²) in [6.45, 7) is 0. The van der Waals surface area contributed by atoms with Crippen molar-refractivity contribution in [2.24, 2.45) is 0 Å². The minimum atomic E-state index is -4.05. The smallest absolute Gasteiger partial charge is 0.262 e. The predicted octanol–water partition coefficient (Wildman–Crippen LogP) is 6.75. The van der Waals surface area contributed by atoms with Crippen LogP contribution in [0.25, 0.3) is 32.3 Å². The van der Waals surface area contributed by atoms with Crippen LogP contribution in [0, 0.1) is 0 Å². The molecule has 0 fully saturated rings. The van der Waals surface area contributed by atoms with Crippen molar-refractivity contribution in [3.8, 4) is 0 Å². The molecule has 0 radical (unpaired) electrons. The fraction of sp³-hybridized carbons (Fsp3) is 0. The summed E-state index contributed by atoms with van der Waals surface area (Å²) >= 11 is 0. The summed E-state index contributed by atoms with van der Waals surface area (Å²) in [5.74, 6) is 0. The number of sulfonamides is 2. The van der Waals surface area contributed by atoms with Crippen LogP contribution >= 0.6 is 0 Å². The first-order chi connectivity index (χ1) is 18.3. The molecule has 6 nitrogen and oxygen atoms in total. The van der Waals surface area contributed by atoms with Crippen molar-refractivity contribution in [3.05, 3.63) is 121 Å². The second-order valence-corrected chi connectivity index (χ2v) is 12.2. The first-order valence-corrected chi connectivity index (χ1v) is 14.8. The topological polar surface area (TPSA) is 92.3 Å². The first-order valence-electron chi connectivity index (χ1n) is 11.9. The molecule has 0 saturated heterocycles. The lowest BCUT2D eigenvalue weighted by atomic mass is 10.1. The lowest BCUT2D eigenvalue weighted by Gasteiger charge is -2.15. The maximum atomic E-state index is 13.6. The number of benzene rings is 6. The Hall–Kier alpha value is -4.40. The van der Waals surface area contributed by atoms with Crippen molar-refractivity contribution < 1.29 is 16.8 Å². The minimum absolute atomic E-state index is 0.00912. The van der Waals surface area contributed by atoms with Gasteiger partial charge in [-0.05, 0) is 35.0 Å². The second kappa shape index (κ2) is 9.16. The van der Waals surface area contributed by atoms with Crippen LogP contribution in [-0.2, 0) is 20.0 Å². The lowest BCUT2D eigenvalue weighted by molar-refractivity contribution is 0.599. The number of nitrogens with one attached hydrogen (secondary N) is 2. The van der Waals surface area contributed by atoms with Gasteiger partial charge in [-0.1, -0.05) is 97.1 Å². The lowest BCUT2D eigenvalue weighted by Crippen LogP contribution is -2.15. The molecule has 0 unspecified atom stereocenters. The molecule has 0 spiro atoms. The molecule has 6 aromatic rings. The van der Waals surface area contributed by atoms with Crippen LogP contribution in [0.3, 0.4) is 0 Å². The maximum absolute atomic E-state index is 13.6. The third kappa shape index (κ3) is 4.23. The standard InChI is InChI=1S/C30H22N2O4S2/c33-37(34,31-27-17-5-11-21-9-1-3-13-23(21)27)29-19-7-16-26-25(29)15-8-20-30(26)38(35,36)32-28-18-6-12-22-10-2-4-14-24(22)28/h1-20,31-32H. The summed E-state index contributed by atoms with van der Waals surface area (Å²) in [7, 11) is -8.09. The van der Waals surface area contributed by atoms with Crippen molar-refractivity contribution in [2.75, 3.05) is 9.44 Å². The number of anilines is 2. The van der Waals surface area contributed by atoms with E-state index < -0.39 is 20.0 Å². The highest BCUT2D eigenvalue weighted by molar-refractivity contribution is 7.93. The van der Waals surface area contributed by atoms with Crippen molar-refractivity contribution >= 4 is 63.7 Å². The Bertz CT molecular complexity index is 1910. The van der Waals surface area contributed by atoms with Gasteiger partial charge in [-0.2, -0.15) is 0 Å². The quantitative estimate of drug-likeness (QED) is 0.245. The Morgan fingerprint density at radius 1 is 0.368 bits per heavy atom. The third-order valence-electron chi connectivity index (χ3n) is 6.49. The molecule has 0 aliphatic heterocycles. The highest BCUT2D eigenvalue weighted by Crippen LogP contribution is 2.33. The van der Waals surface area contributed by atoms with Crippen LogP contribution < -0.4 is 9.44 Å². The zero-order valence-corrected chi connectivity index (χ0v) is 21.6. The Morgan fingerprint density at radius 3 is 1.16 bits per heavy atom. The molecule has 0 aromatic heterocycles. The van der Waals surface area contributed by atoms with Gasteiger partial charge < -0.3 is 0 Å². The van der Waals surface area contributed by atoms with E-state index in [1.54, 1.807) is 48.5 Å². The van der Waals surface area contributed by atoms with E-state index in [9.17, 15) is 16.8 Å². The van der Waals surface area contributed by atoms with Crippen molar-refractivity contribution in [1.29, 1.82) is 0 Å². The first kappa shape index (κ1) is 24.0. The van der Waals surface area contributed by atoms with Gasteiger partial charge in [0.15, 0.2) is 0 Å². The summed E-state index contributed by atoms with van der Waals surface area (Å²) in [6.07, 6.45) is 0. The van der Waals surface area contributed by atoms with Crippen LogP contribution in [0.4, 0.5) is 11.4 Å². The molecular weight excluding hydrogens is 516 g/mol. The molecule has 0 aliphatic carbocycles. The molecular formula is C30H22N2O4S2. The minimum Gasteiger partial charge on any atom is -0.279 e. The molecule has 188 valence electrons. The molecule has 0 saturated carbocycles. The summed E-state index contributed by atoms with van der Waals surface area (Å²) in [4.78, 5) is -0.0182. The van der Waals surface area contributed by atoms with E-state index in [1.807, 2.05) is 60.7 Å². The number of fused-ring (bicyclic) bond motifs is 3. The van der Waals surface area contributed by atoms with Gasteiger partial charge in [-0.15, -0.1) is 0 Å². The molecule has 0 amide bonds. The van der Waals surface area contributed by atoms with Gasteiger partial charge in [0.2, 0.25) is 0 Å². The highest BCUT2D eigenvalue weighted by atomic mass is 32.2. The van der Waals surface area contributed by atoms with E-state index >= 15 is 0 Å². The number of hydrogen-bond donors (Lipinski definition) is 2. The van der Waals surface area contributed by atoms with Crippen LogP contribution in [0.1, 0.15) is 0 Å². The molecule has 8 heteroatoms. The van der Waals surface area contributed by atoms with Crippen molar-refractivity contribution in [3.63, 3.8) is 0 Å². The van der Waals surface area contributed by atoms with Gasteiger partial charge in [0, 0.05) is 21.5 Å². The zero-order valence-electron chi connectivity index (χ0n) is 20.0. The highest BCUT2D eigenvalue weighted by Gasteiger charge is 2.23. The average molecular weight is 539 g/mol. The number of rotatable bonds is 6. The Kier molecular flexibility index (Phi) is 5.78. The Morgan fingerprint density at radius 2 is 0.711 bits per heavy atom. The largest absolute Gasteiger partial charge is 0.279 e. The van der Waals surface area contributed by atoms with E-state index in [0.717, 1.165) is 21.5 Å². The van der Waals surface area contributed by atoms with Crippen molar-refractivity contribution in [2.45, 2.75) is 9.79 Å². The molecule has 0 heterocycles. The van der Waals surface area contributed by atoms with E-state index in [2.05, 4.69) is 9.44 Å². The average Bonchev–Trinajstić information content (AvgIpc) is 2.92. The van der Waals surface area contributed by atoms with Gasteiger partial charge in [-0.3, -0.25) is 9.44 Å². The van der Waals surface area contributed by atoms with Crippen molar-refractivity contribution in [1.82, 2.24) is 0 Å². The van der Waals surface area contributed by atoms with Crippen LogP contribution in [0.15, 0.2) is 131 Å². The van der Waals surface area contributed by atoms with E-state index in [1.165, 1.54) is 12.1 Å². The number of hydrogen-bond acceptors (Lipinski definition) is 4. The van der Waals surface area contributed by atoms with E-state index in [-0.39, 0.29) is 9.79 Å². The summed E-state index contributed by atoms with van der Waals surface area (Å²) in [5, 5.41) is 3.95. The molecule has 0 atom stereocenters. The Balaban J connectivity index is 1.44. The summed E-state index contributed by atoms with van der Waals surface area (Å²) in [6, 6.07) is 35.1. The van der Waals surface area contributed by atoms with Crippen LogP contribution in [-0.4, -0.2) is 16.8 Å². The summed E-state index contributed by atoms with van der Waals surface area (Å²) in [5.41, 5.74) is 0.892. The monoisotopic (exact) mass is 538 g/mol. The second-order valence-electron chi connectivity index (χ2n) is 8.87. The van der Waals surface area contributed by atoms with Gasteiger partial charge in [0.1, 0.15) is 0 Å². The van der Waals surface area contributed by atoms with Crippen LogP contribution in [0.2, 0.25) is 0 Å². The third-order valence-corrected chi connectivity index (χ3v) is 9.34. The van der Waals surface area contributed by atoms with Gasteiger partial charge in [-0.25, -0.2) is 16.8 Å². The van der Waals surface area contributed by atoms with Gasteiger partial charge in [0.05, 0.1) is 21.2 Å². The molecule has 0 bridgehead atoms. The molecule has 6 rings (SSSR count). The summed E-state index contributed by atoms with van der Waals surface area (Å²) < 4.78 is 59.7. The van der Waals surface area contributed by atoms with Gasteiger partial charge >= 0.3 is 0 Å². The fourth-order valence-electron chi connectivity index (χ4n) is 4.75. The van der Waals surface area contributed by atoms with Crippen LogP contribution in [0.5, 0.6) is 0 Å². The van der Waals surface area contributed by atoms with Gasteiger partial charge in [0.25, 0.3) is 20.0 Å². The molecule has 0 aliphatic rings. The normalized spacial score (nSPS) is 12.1. The van der Waals surface area contributed by atoms with E-state index in [0.29, 0.717) is 22.1 Å². The SMILES string of the molecule is O=S(=O)(Nc1cccc2ccccc12)c1cccc2c(S(=O)(=O)Nc3cccc4ccccc34)cccc12. The predicted molar refractivity (Wildman–Crippen MR) is 153 cm³/mol. The molecule has 38 heavy (non-hydrogen) atoms. The maximum Gasteiger partial charge on any atom is 0.262 e. The Labute approximate surface area is 220 Å². The molecule has 6 aromatic carbocycles. The molecule has 2 N–H and O–H groups in total.